The van der Waals surface area contributed by atoms with Gasteiger partial charge in [0.25, 0.3) is 0 Å². The van der Waals surface area contributed by atoms with Gasteiger partial charge in [-0.25, -0.2) is 9.97 Å². The van der Waals surface area contributed by atoms with E-state index < -0.39 is 5.54 Å². The molecule has 3 N–H and O–H groups in total. The summed E-state index contributed by atoms with van der Waals surface area (Å²) < 4.78 is 0.602. The van der Waals surface area contributed by atoms with Crippen molar-refractivity contribution >= 4 is 44.5 Å². The first-order valence-electron chi connectivity index (χ1n) is 7.98. The minimum atomic E-state index is -0.467. The van der Waals surface area contributed by atoms with Crippen molar-refractivity contribution in [2.45, 2.75) is 18.4 Å². The van der Waals surface area contributed by atoms with Crippen LogP contribution in [0.3, 0.4) is 0 Å². The Morgan fingerprint density at radius 2 is 2.08 bits per heavy atom. The van der Waals surface area contributed by atoms with Crippen LogP contribution in [0.5, 0.6) is 0 Å². The van der Waals surface area contributed by atoms with E-state index in [1.807, 2.05) is 11.0 Å². The average molecular weight is 434 g/mol. The highest BCUT2D eigenvalue weighted by Crippen LogP contribution is 2.32. The van der Waals surface area contributed by atoms with E-state index in [2.05, 4.69) is 47.1 Å². The van der Waals surface area contributed by atoms with Crippen LogP contribution < -0.4 is 10.6 Å². The second-order valence-corrected chi connectivity index (χ2v) is 7.41. The van der Waals surface area contributed by atoms with E-state index in [-0.39, 0.29) is 5.69 Å². The Bertz CT molecular complexity index is 1000. The Morgan fingerprint density at radius 3 is 2.73 bits per heavy atom. The van der Waals surface area contributed by atoms with E-state index in [0.29, 0.717) is 52.7 Å². The molecule has 10 heteroatoms. The third kappa shape index (κ3) is 2.90. The maximum Gasteiger partial charge on any atom is 0.228 e. The van der Waals surface area contributed by atoms with Gasteiger partial charge in [0, 0.05) is 24.8 Å². The minimum Gasteiger partial charge on any atom is -0.341 e. The second kappa shape index (κ2) is 6.46. The molecule has 26 heavy (non-hydrogen) atoms. The maximum atomic E-state index is 9.40. The smallest absolute Gasteiger partial charge is 0.228 e. The van der Waals surface area contributed by atoms with Crippen molar-refractivity contribution in [1.29, 1.82) is 5.26 Å². The zero-order valence-corrected chi connectivity index (χ0v) is 15.9. The van der Waals surface area contributed by atoms with Crippen molar-refractivity contribution in [3.8, 4) is 6.07 Å². The third-order valence-electron chi connectivity index (χ3n) is 4.70. The van der Waals surface area contributed by atoms with Crippen LogP contribution in [-0.2, 0) is 5.54 Å². The zero-order valence-electron chi connectivity index (χ0n) is 13.6. The lowest BCUT2D eigenvalue weighted by molar-refractivity contribution is 0.340. The first-order chi connectivity index (χ1) is 12.5. The molecule has 0 radical (unpaired) electrons. The van der Waals surface area contributed by atoms with Crippen LogP contribution in [0.4, 0.5) is 5.95 Å². The largest absolute Gasteiger partial charge is 0.341 e. The van der Waals surface area contributed by atoms with Gasteiger partial charge in [0.15, 0.2) is 11.3 Å². The normalized spacial score (nSPS) is 16.6. The molecule has 0 spiro atoms. The number of nitrogens with one attached hydrogen (secondary N) is 1. The molecule has 3 aromatic heterocycles. The number of nitrogens with two attached hydrogens (primary N) is 1. The fraction of sp³-hybridized carbons (Fsp3) is 0.312. The first kappa shape index (κ1) is 17.1. The third-order valence-corrected chi connectivity index (χ3v) is 5.50. The Hall–Kier alpha value is -2.28. The van der Waals surface area contributed by atoms with Crippen molar-refractivity contribution in [2.24, 2.45) is 5.73 Å². The van der Waals surface area contributed by atoms with Crippen molar-refractivity contribution in [3.05, 3.63) is 39.3 Å². The van der Waals surface area contributed by atoms with Gasteiger partial charge in [-0.15, -0.1) is 0 Å². The van der Waals surface area contributed by atoms with Crippen molar-refractivity contribution in [1.82, 2.24) is 25.1 Å². The SMILES string of the molecule is N#Cc1nc(N2CCC(N)(c3ccc(Cl)nc3)CC2)nc2n[nH]c(Br)c12. The fourth-order valence-corrected chi connectivity index (χ4v) is 3.73. The van der Waals surface area contributed by atoms with Gasteiger partial charge in [-0.2, -0.15) is 15.3 Å². The minimum absolute atomic E-state index is 0.289. The number of fused-ring (bicyclic) bond motifs is 1. The number of nitriles is 1. The molecule has 0 saturated carbocycles. The predicted molar refractivity (Wildman–Crippen MR) is 101 cm³/mol. The van der Waals surface area contributed by atoms with E-state index in [1.54, 1.807) is 12.3 Å². The van der Waals surface area contributed by atoms with Crippen LogP contribution in [0.2, 0.25) is 5.15 Å². The molecule has 0 unspecified atom stereocenters. The van der Waals surface area contributed by atoms with Crippen molar-refractivity contribution in [2.75, 3.05) is 18.0 Å². The molecule has 1 aliphatic heterocycles. The molecule has 3 aromatic rings. The lowest BCUT2D eigenvalue weighted by Crippen LogP contribution is -2.48. The van der Waals surface area contributed by atoms with Crippen LogP contribution in [0.15, 0.2) is 22.9 Å². The highest BCUT2D eigenvalue weighted by molar-refractivity contribution is 9.10. The molecule has 132 valence electrons. The summed E-state index contributed by atoms with van der Waals surface area (Å²) in [7, 11) is 0. The standard InChI is InChI=1S/C16H14BrClN8/c17-13-12-10(7-19)22-15(23-14(12)25-24-13)26-5-3-16(20,4-6-26)9-1-2-11(18)21-8-9/h1-2,8H,3-6,20H2,(H,22,23,24,25). The van der Waals surface area contributed by atoms with Crippen LogP contribution in [0.25, 0.3) is 11.0 Å². The summed E-state index contributed by atoms with van der Waals surface area (Å²) >= 11 is 9.19. The number of hydrogen-bond donors (Lipinski definition) is 2. The maximum absolute atomic E-state index is 9.40. The molecule has 0 bridgehead atoms. The number of aromatic nitrogens is 5. The Labute approximate surface area is 162 Å². The van der Waals surface area contributed by atoms with Gasteiger partial charge in [-0.3, -0.25) is 5.10 Å². The number of H-pyrrole nitrogens is 1. The number of pyridine rings is 1. The first-order valence-corrected chi connectivity index (χ1v) is 9.15. The van der Waals surface area contributed by atoms with Gasteiger partial charge < -0.3 is 10.6 Å². The van der Waals surface area contributed by atoms with Gasteiger partial charge in [0.1, 0.15) is 15.8 Å². The van der Waals surface area contributed by atoms with Crippen molar-refractivity contribution < 1.29 is 0 Å². The Kier molecular flexibility index (Phi) is 4.26. The molecule has 1 aliphatic rings. The molecule has 4 heterocycles. The van der Waals surface area contributed by atoms with Gasteiger partial charge in [-0.05, 0) is 40.4 Å². The number of piperidine rings is 1. The van der Waals surface area contributed by atoms with Gasteiger partial charge in [0.2, 0.25) is 5.95 Å². The molecular weight excluding hydrogens is 420 g/mol. The second-order valence-electron chi connectivity index (χ2n) is 6.23. The quantitative estimate of drug-likeness (QED) is 0.596. The molecule has 8 nitrogen and oxygen atoms in total. The molecule has 0 atom stereocenters. The highest BCUT2D eigenvalue weighted by Gasteiger charge is 2.34. The molecule has 1 fully saturated rings. The summed E-state index contributed by atoms with van der Waals surface area (Å²) in [5.74, 6) is 0.490. The lowest BCUT2D eigenvalue weighted by atomic mass is 9.83. The topological polar surface area (TPSA) is 120 Å². The van der Waals surface area contributed by atoms with Gasteiger partial charge in [0.05, 0.1) is 5.39 Å². The number of halogens is 2. The van der Waals surface area contributed by atoms with Gasteiger partial charge in [-0.1, -0.05) is 17.7 Å². The molecule has 0 aromatic carbocycles. The monoisotopic (exact) mass is 432 g/mol. The lowest BCUT2D eigenvalue weighted by Gasteiger charge is -2.39. The number of aromatic amines is 1. The highest BCUT2D eigenvalue weighted by atomic mass is 79.9. The number of rotatable bonds is 2. The summed E-state index contributed by atoms with van der Waals surface area (Å²) in [5, 5.41) is 17.3. The van der Waals surface area contributed by atoms with E-state index in [9.17, 15) is 5.26 Å². The summed E-state index contributed by atoms with van der Waals surface area (Å²) in [6.07, 6.45) is 3.16. The summed E-state index contributed by atoms with van der Waals surface area (Å²) in [5.41, 5.74) is 7.84. The van der Waals surface area contributed by atoms with E-state index in [4.69, 9.17) is 17.3 Å². The van der Waals surface area contributed by atoms with Crippen LogP contribution in [0.1, 0.15) is 24.1 Å². The van der Waals surface area contributed by atoms with Crippen LogP contribution in [-0.4, -0.2) is 38.2 Å². The van der Waals surface area contributed by atoms with Crippen molar-refractivity contribution in [3.63, 3.8) is 0 Å². The Balaban J connectivity index is 1.59. The average Bonchev–Trinajstić information content (AvgIpc) is 3.03. The predicted octanol–water partition coefficient (Wildman–Crippen LogP) is 2.49. The summed E-state index contributed by atoms with van der Waals surface area (Å²) in [4.78, 5) is 15.0. The van der Waals surface area contributed by atoms with E-state index in [0.717, 1.165) is 5.56 Å². The molecule has 1 saturated heterocycles. The van der Waals surface area contributed by atoms with E-state index >= 15 is 0 Å². The van der Waals surface area contributed by atoms with Gasteiger partial charge >= 0.3 is 0 Å². The summed E-state index contributed by atoms with van der Waals surface area (Å²) in [6, 6.07) is 5.78. The van der Waals surface area contributed by atoms with Crippen LogP contribution >= 0.6 is 27.5 Å². The number of nitrogens with zero attached hydrogens (tertiary/aromatic N) is 6. The Morgan fingerprint density at radius 1 is 1.31 bits per heavy atom. The molecule has 0 amide bonds. The number of hydrogen-bond acceptors (Lipinski definition) is 7. The van der Waals surface area contributed by atoms with Crippen LogP contribution in [0, 0.1) is 11.3 Å². The molecule has 4 rings (SSSR count). The fourth-order valence-electron chi connectivity index (χ4n) is 3.17. The summed E-state index contributed by atoms with van der Waals surface area (Å²) in [6.45, 7) is 1.34. The zero-order chi connectivity index (χ0) is 18.3. The molecule has 0 aliphatic carbocycles. The van der Waals surface area contributed by atoms with E-state index in [1.165, 1.54) is 0 Å². The number of anilines is 1. The molecular formula is C16H14BrClN8.